The fourth-order valence-corrected chi connectivity index (χ4v) is 3.40. The Morgan fingerprint density at radius 3 is 2.68 bits per heavy atom. The van der Waals surface area contributed by atoms with E-state index in [-0.39, 0.29) is 11.5 Å². The van der Waals surface area contributed by atoms with E-state index in [1.807, 2.05) is 30.6 Å². The Hall–Kier alpha value is -3.60. The largest absolute Gasteiger partial charge is 0.368 e. The van der Waals surface area contributed by atoms with Gasteiger partial charge in [-0.05, 0) is 25.1 Å². The number of aromatic nitrogens is 5. The second-order valence-corrected chi connectivity index (χ2v) is 7.06. The maximum Gasteiger partial charge on any atom is 0.320 e. The third-order valence-electron chi connectivity index (χ3n) is 5.01. The van der Waals surface area contributed by atoms with Crippen molar-refractivity contribution in [1.29, 1.82) is 0 Å². The summed E-state index contributed by atoms with van der Waals surface area (Å²) in [7, 11) is 0. The predicted molar refractivity (Wildman–Crippen MR) is 114 cm³/mol. The fourth-order valence-electron chi connectivity index (χ4n) is 3.40. The molecule has 2 amide bonds. The first kappa shape index (κ1) is 20.7. The van der Waals surface area contributed by atoms with Crippen molar-refractivity contribution in [1.82, 2.24) is 34.9 Å². The molecule has 0 unspecified atom stereocenters. The summed E-state index contributed by atoms with van der Waals surface area (Å²) in [6, 6.07) is 5.33. The Balaban J connectivity index is 1.34. The van der Waals surface area contributed by atoms with Gasteiger partial charge in [-0.25, -0.2) is 28.8 Å². The average Bonchev–Trinajstić information content (AvgIpc) is 3.32. The highest BCUT2D eigenvalue weighted by Gasteiger charge is 2.21. The highest BCUT2D eigenvalue weighted by atomic mass is 19.1. The summed E-state index contributed by atoms with van der Waals surface area (Å²) < 4.78 is 16.4. The number of pyridine rings is 1. The summed E-state index contributed by atoms with van der Waals surface area (Å²) in [5, 5.41) is 9.15. The van der Waals surface area contributed by atoms with E-state index in [4.69, 9.17) is 0 Å². The first-order chi connectivity index (χ1) is 15.1. The smallest absolute Gasteiger partial charge is 0.320 e. The van der Waals surface area contributed by atoms with Crippen LogP contribution in [0.3, 0.4) is 0 Å². The molecule has 1 fully saturated rings. The molecule has 0 aromatic carbocycles. The molecule has 10 nitrogen and oxygen atoms in total. The Morgan fingerprint density at radius 2 is 2.00 bits per heavy atom. The van der Waals surface area contributed by atoms with E-state index < -0.39 is 11.8 Å². The van der Waals surface area contributed by atoms with E-state index in [2.05, 4.69) is 40.5 Å². The molecule has 2 N–H and O–H groups in total. The molecule has 11 heteroatoms. The van der Waals surface area contributed by atoms with Gasteiger partial charge in [0.05, 0.1) is 17.6 Å². The van der Waals surface area contributed by atoms with Crippen molar-refractivity contribution in [2.24, 2.45) is 0 Å². The first-order valence-corrected chi connectivity index (χ1v) is 10.1. The Bertz CT molecular complexity index is 1000. The van der Waals surface area contributed by atoms with Crippen molar-refractivity contribution < 1.29 is 9.18 Å². The molecule has 0 bridgehead atoms. The minimum atomic E-state index is -0.602. The number of nitrogens with zero attached hydrogens (tertiary/aromatic N) is 7. The number of nitrogens with one attached hydrogen (secondary N) is 2. The lowest BCUT2D eigenvalue weighted by Crippen LogP contribution is -2.46. The van der Waals surface area contributed by atoms with Crippen LogP contribution in [-0.4, -0.2) is 68.4 Å². The third-order valence-corrected chi connectivity index (χ3v) is 5.01. The van der Waals surface area contributed by atoms with E-state index >= 15 is 0 Å². The zero-order valence-corrected chi connectivity index (χ0v) is 17.2. The highest BCUT2D eigenvalue weighted by Crippen LogP contribution is 2.19. The van der Waals surface area contributed by atoms with Gasteiger partial charge in [0.2, 0.25) is 0 Å². The molecule has 1 aliphatic heterocycles. The van der Waals surface area contributed by atoms with Crippen molar-refractivity contribution in [3.8, 4) is 5.82 Å². The highest BCUT2D eigenvalue weighted by molar-refractivity contribution is 5.88. The van der Waals surface area contributed by atoms with Gasteiger partial charge in [-0.2, -0.15) is 5.10 Å². The minimum absolute atomic E-state index is 0.113. The normalized spacial score (nSPS) is 14.5. The molecule has 0 spiro atoms. The summed E-state index contributed by atoms with van der Waals surface area (Å²) in [6.45, 7) is 5.66. The Morgan fingerprint density at radius 1 is 1.16 bits per heavy atom. The number of piperazine rings is 1. The van der Waals surface area contributed by atoms with Crippen LogP contribution in [0.2, 0.25) is 0 Å². The van der Waals surface area contributed by atoms with E-state index in [1.165, 1.54) is 6.33 Å². The first-order valence-electron chi connectivity index (χ1n) is 10.1. The van der Waals surface area contributed by atoms with Crippen LogP contribution in [0.1, 0.15) is 12.6 Å². The van der Waals surface area contributed by atoms with Crippen LogP contribution in [0.5, 0.6) is 0 Å². The van der Waals surface area contributed by atoms with Crippen molar-refractivity contribution in [3.05, 3.63) is 54.6 Å². The topological polar surface area (TPSA) is 104 Å². The molecule has 162 valence electrons. The number of hydrogen-bond acceptors (Lipinski definition) is 7. The molecule has 1 saturated heterocycles. The van der Waals surface area contributed by atoms with Crippen LogP contribution in [0.4, 0.5) is 20.7 Å². The van der Waals surface area contributed by atoms with Gasteiger partial charge in [-0.15, -0.1) is 0 Å². The number of hydrogen-bond donors (Lipinski definition) is 2. The van der Waals surface area contributed by atoms with Crippen molar-refractivity contribution in [3.63, 3.8) is 0 Å². The van der Waals surface area contributed by atoms with Gasteiger partial charge >= 0.3 is 6.03 Å². The van der Waals surface area contributed by atoms with Gasteiger partial charge in [0.15, 0.2) is 17.5 Å². The quantitative estimate of drug-likeness (QED) is 0.619. The van der Waals surface area contributed by atoms with Gasteiger partial charge in [0.25, 0.3) is 0 Å². The molecular formula is C20H24FN9O. The number of halogens is 1. The molecule has 0 saturated carbocycles. The van der Waals surface area contributed by atoms with E-state index in [9.17, 15) is 9.18 Å². The molecule has 3 aromatic rings. The summed E-state index contributed by atoms with van der Waals surface area (Å²) >= 11 is 0. The predicted octanol–water partition coefficient (Wildman–Crippen LogP) is 1.66. The number of rotatable bonds is 6. The van der Waals surface area contributed by atoms with Crippen molar-refractivity contribution >= 4 is 17.5 Å². The van der Waals surface area contributed by atoms with Crippen LogP contribution in [0.25, 0.3) is 5.82 Å². The van der Waals surface area contributed by atoms with Gasteiger partial charge in [0.1, 0.15) is 6.33 Å². The average molecular weight is 425 g/mol. The molecule has 0 radical (unpaired) electrons. The number of amides is 2. The zero-order chi connectivity index (χ0) is 21.6. The molecule has 31 heavy (non-hydrogen) atoms. The minimum Gasteiger partial charge on any atom is -0.368 e. The third kappa shape index (κ3) is 4.94. The fraction of sp³-hybridized carbons (Fsp3) is 0.350. The van der Waals surface area contributed by atoms with E-state index in [0.717, 1.165) is 37.7 Å². The molecule has 3 aromatic heterocycles. The van der Waals surface area contributed by atoms with Crippen molar-refractivity contribution in [2.45, 2.75) is 13.5 Å². The van der Waals surface area contributed by atoms with Crippen LogP contribution in [0.15, 0.2) is 43.1 Å². The lowest BCUT2D eigenvalue weighted by molar-refractivity contribution is 0.243. The molecular weight excluding hydrogens is 401 g/mol. The summed E-state index contributed by atoms with van der Waals surface area (Å²) in [6.07, 6.45) is 6.68. The maximum atomic E-state index is 14.7. The lowest BCUT2D eigenvalue weighted by atomic mass is 10.2. The number of carbonyl (C=O) groups excluding carboxylic acids is 1. The SMILES string of the molecule is CCNC(=O)Nc1ncnc(CN2CCN(c3ccc(-n4cccn4)nc3)CC2)c1F. The second-order valence-electron chi connectivity index (χ2n) is 7.06. The number of carbonyl (C=O) groups is 1. The van der Waals surface area contributed by atoms with Gasteiger partial charge in [0, 0.05) is 51.7 Å². The van der Waals surface area contributed by atoms with Gasteiger partial charge in [-0.3, -0.25) is 10.2 Å². The van der Waals surface area contributed by atoms with Gasteiger partial charge < -0.3 is 10.2 Å². The summed E-state index contributed by atoms with van der Waals surface area (Å²) in [4.78, 5) is 28.4. The second kappa shape index (κ2) is 9.47. The van der Waals surface area contributed by atoms with E-state index in [1.54, 1.807) is 17.8 Å². The number of anilines is 2. The molecule has 4 rings (SSSR count). The van der Waals surface area contributed by atoms with Crippen LogP contribution >= 0.6 is 0 Å². The van der Waals surface area contributed by atoms with Gasteiger partial charge in [-0.1, -0.05) is 0 Å². The monoisotopic (exact) mass is 425 g/mol. The Labute approximate surface area is 179 Å². The van der Waals surface area contributed by atoms with Crippen LogP contribution in [-0.2, 0) is 6.54 Å². The zero-order valence-electron chi connectivity index (χ0n) is 17.2. The van der Waals surface area contributed by atoms with Crippen LogP contribution < -0.4 is 15.5 Å². The van der Waals surface area contributed by atoms with E-state index in [0.29, 0.717) is 13.1 Å². The Kier molecular flexibility index (Phi) is 6.32. The molecule has 0 atom stereocenters. The lowest BCUT2D eigenvalue weighted by Gasteiger charge is -2.35. The van der Waals surface area contributed by atoms with Crippen LogP contribution in [0, 0.1) is 5.82 Å². The molecule has 1 aliphatic rings. The maximum absolute atomic E-state index is 14.7. The van der Waals surface area contributed by atoms with Crippen molar-refractivity contribution in [2.75, 3.05) is 42.9 Å². The molecule has 0 aliphatic carbocycles. The molecule has 4 heterocycles. The summed E-state index contributed by atoms with van der Waals surface area (Å²) in [5.74, 6) is 0.0520. The number of urea groups is 1. The standard InChI is InChI=1S/C20H24FN9O/c1-2-22-20(31)27-19-18(21)16(24-14-25-19)13-28-8-10-29(11-9-28)15-4-5-17(23-12-15)30-7-3-6-26-30/h3-7,12,14H,2,8-11,13H2,1H3,(H2,22,24,25,27,31). The summed E-state index contributed by atoms with van der Waals surface area (Å²) in [5.41, 5.74) is 1.30.